The summed E-state index contributed by atoms with van der Waals surface area (Å²) >= 11 is 0. The molecule has 4 heteroatoms. The minimum absolute atomic E-state index is 0.0176. The van der Waals surface area contributed by atoms with Crippen LogP contribution in [0.1, 0.15) is 71.1 Å². The van der Waals surface area contributed by atoms with Crippen molar-refractivity contribution in [1.29, 1.82) is 0 Å². The fraction of sp³-hybridized carbons (Fsp3) is 0.789. The molecule has 0 heterocycles. The molecular weight excluding hydrogens is 292 g/mol. The summed E-state index contributed by atoms with van der Waals surface area (Å²) in [4.78, 5) is 23.9. The highest BCUT2D eigenvalue weighted by Gasteiger charge is 2.42. The van der Waals surface area contributed by atoms with Crippen molar-refractivity contribution < 1.29 is 19.4 Å². The van der Waals surface area contributed by atoms with Gasteiger partial charge in [0.15, 0.2) is 0 Å². The molecule has 0 amide bonds. The van der Waals surface area contributed by atoms with Gasteiger partial charge in [-0.15, -0.1) is 6.58 Å². The normalized spacial score (nSPS) is 29.3. The van der Waals surface area contributed by atoms with E-state index in [0.29, 0.717) is 5.92 Å². The summed E-state index contributed by atoms with van der Waals surface area (Å²) < 4.78 is 5.81. The number of carboxylic acids is 1. The smallest absolute Gasteiger partial charge is 0.307 e. The summed E-state index contributed by atoms with van der Waals surface area (Å²) in [5.41, 5.74) is -0.432. The molecule has 0 bridgehead atoms. The second-order valence-electron chi connectivity index (χ2n) is 7.44. The van der Waals surface area contributed by atoms with E-state index < -0.39 is 17.5 Å². The molecule has 3 atom stereocenters. The van der Waals surface area contributed by atoms with Crippen LogP contribution < -0.4 is 0 Å². The Morgan fingerprint density at radius 2 is 2.00 bits per heavy atom. The van der Waals surface area contributed by atoms with Gasteiger partial charge in [0.1, 0.15) is 5.60 Å². The van der Waals surface area contributed by atoms with Gasteiger partial charge in [-0.2, -0.15) is 0 Å². The molecule has 2 aliphatic carbocycles. The monoisotopic (exact) mass is 322 g/mol. The second kappa shape index (κ2) is 7.98. The van der Waals surface area contributed by atoms with Crippen LogP contribution in [-0.4, -0.2) is 22.6 Å². The van der Waals surface area contributed by atoms with Gasteiger partial charge in [0.05, 0.1) is 12.3 Å². The fourth-order valence-corrected chi connectivity index (χ4v) is 4.41. The molecule has 0 unspecified atom stereocenters. The number of carbonyl (C=O) groups excluding carboxylic acids is 1. The minimum atomic E-state index is -0.853. The number of rotatable bonds is 8. The lowest BCUT2D eigenvalue weighted by molar-refractivity contribution is -0.167. The van der Waals surface area contributed by atoms with Crippen LogP contribution in [0, 0.1) is 17.8 Å². The molecule has 1 N–H and O–H groups in total. The lowest BCUT2D eigenvalue weighted by Gasteiger charge is -2.32. The summed E-state index contributed by atoms with van der Waals surface area (Å²) in [6.07, 6.45) is 10.8. The topological polar surface area (TPSA) is 63.6 Å². The van der Waals surface area contributed by atoms with Crippen LogP contribution in [-0.2, 0) is 14.3 Å². The Kier molecular flexibility index (Phi) is 6.25. The van der Waals surface area contributed by atoms with Crippen LogP contribution in [0.5, 0.6) is 0 Å². The quantitative estimate of drug-likeness (QED) is 0.533. The van der Waals surface area contributed by atoms with Crippen molar-refractivity contribution in [2.45, 2.75) is 76.7 Å². The predicted octanol–water partition coefficient (Wildman–Crippen LogP) is 4.34. The molecule has 0 aromatic heterocycles. The second-order valence-corrected chi connectivity index (χ2v) is 7.44. The zero-order valence-electron chi connectivity index (χ0n) is 14.3. The highest BCUT2D eigenvalue weighted by Crippen LogP contribution is 2.42. The van der Waals surface area contributed by atoms with Crippen LogP contribution in [0.2, 0.25) is 0 Å². The van der Waals surface area contributed by atoms with E-state index in [4.69, 9.17) is 4.74 Å². The first kappa shape index (κ1) is 18.0. The van der Waals surface area contributed by atoms with Crippen molar-refractivity contribution in [3.05, 3.63) is 12.7 Å². The molecule has 0 saturated heterocycles. The Morgan fingerprint density at radius 1 is 1.30 bits per heavy atom. The number of carboxylic acid groups (broad SMARTS) is 1. The first-order valence-electron chi connectivity index (χ1n) is 9.02. The van der Waals surface area contributed by atoms with E-state index in [1.807, 2.05) is 13.0 Å². The average Bonchev–Trinajstić information content (AvgIpc) is 3.12. The zero-order chi connectivity index (χ0) is 16.9. The summed E-state index contributed by atoms with van der Waals surface area (Å²) in [7, 11) is 0. The van der Waals surface area contributed by atoms with Gasteiger partial charge >= 0.3 is 11.9 Å². The maximum absolute atomic E-state index is 12.4. The van der Waals surface area contributed by atoms with E-state index in [2.05, 4.69) is 6.58 Å². The third-order valence-corrected chi connectivity index (χ3v) is 5.83. The number of allylic oxidation sites excluding steroid dienone is 1. The summed E-state index contributed by atoms with van der Waals surface area (Å²) in [5.74, 6) is -1.28. The molecule has 130 valence electrons. The molecule has 0 radical (unpaired) electrons. The predicted molar refractivity (Wildman–Crippen MR) is 89.0 cm³/mol. The summed E-state index contributed by atoms with van der Waals surface area (Å²) in [5, 5.41) is 9.46. The molecule has 2 aliphatic rings. The van der Waals surface area contributed by atoms with Crippen molar-refractivity contribution in [1.82, 2.24) is 0 Å². The number of ether oxygens (including phenoxy) is 1. The standard InChI is InChI=1S/C19H30O4/c1-3-4-10-15-11-7-12-19(15,2)23-17(20)13-16(18(21)22)14-8-5-6-9-14/h3,14-16H,1,4-13H2,2H3,(H,21,22)/t15-,16+,19-/m1/s1. The van der Waals surface area contributed by atoms with Crippen molar-refractivity contribution in [3.8, 4) is 0 Å². The van der Waals surface area contributed by atoms with Gasteiger partial charge in [-0.25, -0.2) is 0 Å². The Balaban J connectivity index is 1.93. The van der Waals surface area contributed by atoms with Crippen LogP contribution in [0.15, 0.2) is 12.7 Å². The molecule has 2 rings (SSSR count). The van der Waals surface area contributed by atoms with Gasteiger partial charge < -0.3 is 9.84 Å². The van der Waals surface area contributed by atoms with Gasteiger partial charge in [0.2, 0.25) is 0 Å². The molecule has 2 fully saturated rings. The molecule has 0 aromatic carbocycles. The Bertz CT molecular complexity index is 439. The van der Waals surface area contributed by atoms with E-state index in [-0.39, 0.29) is 18.3 Å². The van der Waals surface area contributed by atoms with Gasteiger partial charge in [0.25, 0.3) is 0 Å². The van der Waals surface area contributed by atoms with E-state index in [0.717, 1.165) is 57.8 Å². The number of hydrogen-bond acceptors (Lipinski definition) is 3. The third-order valence-electron chi connectivity index (χ3n) is 5.83. The van der Waals surface area contributed by atoms with E-state index in [1.165, 1.54) is 0 Å². The van der Waals surface area contributed by atoms with Crippen LogP contribution in [0.4, 0.5) is 0 Å². The maximum atomic E-state index is 12.4. The number of carbonyl (C=O) groups is 2. The molecular formula is C19H30O4. The summed E-state index contributed by atoms with van der Waals surface area (Å²) in [6.45, 7) is 5.77. The van der Waals surface area contributed by atoms with Crippen LogP contribution in [0.3, 0.4) is 0 Å². The SMILES string of the molecule is C=CCC[C@@H]1CCC[C@@]1(C)OC(=O)C[C@H](C(=O)O)C1CCCC1. The molecule has 4 nitrogen and oxygen atoms in total. The minimum Gasteiger partial charge on any atom is -0.481 e. The molecule has 0 spiro atoms. The maximum Gasteiger partial charge on any atom is 0.307 e. The Labute approximate surface area is 139 Å². The van der Waals surface area contributed by atoms with Gasteiger partial charge in [0, 0.05) is 0 Å². The Hall–Kier alpha value is -1.32. The molecule has 23 heavy (non-hydrogen) atoms. The highest BCUT2D eigenvalue weighted by atomic mass is 16.6. The number of esters is 1. The highest BCUT2D eigenvalue weighted by molar-refractivity contribution is 5.79. The number of aliphatic carboxylic acids is 1. The first-order valence-corrected chi connectivity index (χ1v) is 9.02. The first-order chi connectivity index (χ1) is 11.0. The lowest BCUT2D eigenvalue weighted by Crippen LogP contribution is -2.37. The van der Waals surface area contributed by atoms with Crippen molar-refractivity contribution >= 4 is 11.9 Å². The van der Waals surface area contributed by atoms with E-state index >= 15 is 0 Å². The van der Waals surface area contributed by atoms with Gasteiger partial charge in [-0.05, 0) is 63.7 Å². The van der Waals surface area contributed by atoms with Gasteiger partial charge in [-0.3, -0.25) is 9.59 Å². The zero-order valence-corrected chi connectivity index (χ0v) is 14.3. The lowest BCUT2D eigenvalue weighted by atomic mass is 9.87. The van der Waals surface area contributed by atoms with E-state index in [9.17, 15) is 14.7 Å². The van der Waals surface area contributed by atoms with Crippen molar-refractivity contribution in [2.75, 3.05) is 0 Å². The average molecular weight is 322 g/mol. The molecule has 2 saturated carbocycles. The van der Waals surface area contributed by atoms with Crippen molar-refractivity contribution in [2.24, 2.45) is 17.8 Å². The largest absolute Gasteiger partial charge is 0.481 e. The Morgan fingerprint density at radius 3 is 2.61 bits per heavy atom. The van der Waals surface area contributed by atoms with Crippen LogP contribution in [0.25, 0.3) is 0 Å². The van der Waals surface area contributed by atoms with Gasteiger partial charge in [-0.1, -0.05) is 18.9 Å². The molecule has 0 aliphatic heterocycles. The van der Waals surface area contributed by atoms with Crippen LogP contribution >= 0.6 is 0 Å². The summed E-state index contributed by atoms with van der Waals surface area (Å²) in [6, 6.07) is 0. The van der Waals surface area contributed by atoms with Crippen molar-refractivity contribution in [3.63, 3.8) is 0 Å². The number of hydrogen-bond donors (Lipinski definition) is 1. The molecule has 0 aromatic rings. The third kappa shape index (κ3) is 4.58. The fourth-order valence-electron chi connectivity index (χ4n) is 4.41. The van der Waals surface area contributed by atoms with E-state index in [1.54, 1.807) is 0 Å².